The van der Waals surface area contributed by atoms with E-state index in [1.165, 1.54) is 18.2 Å². The van der Waals surface area contributed by atoms with Gasteiger partial charge in [0.1, 0.15) is 22.9 Å². The van der Waals surface area contributed by atoms with Gasteiger partial charge in [-0.25, -0.2) is 4.39 Å². The van der Waals surface area contributed by atoms with Crippen LogP contribution in [0.5, 0.6) is 5.88 Å². The van der Waals surface area contributed by atoms with E-state index in [4.69, 9.17) is 10.5 Å². The molecule has 0 bridgehead atoms. The summed E-state index contributed by atoms with van der Waals surface area (Å²) >= 11 is 0. The first-order valence-corrected chi connectivity index (χ1v) is 7.69. The van der Waals surface area contributed by atoms with E-state index < -0.39 is 17.1 Å². The first-order chi connectivity index (χ1) is 11.9. The van der Waals surface area contributed by atoms with Crippen LogP contribution in [0.1, 0.15) is 36.6 Å². The number of aromatic nitrogens is 2. The fraction of sp³-hybridized carbons (Fsp3) is 0.235. The number of aromatic amines is 1. The molecule has 0 radical (unpaired) electrons. The highest BCUT2D eigenvalue weighted by Crippen LogP contribution is 2.54. The molecule has 2 aliphatic heterocycles. The van der Waals surface area contributed by atoms with Gasteiger partial charge in [-0.1, -0.05) is 13.8 Å². The molecule has 1 spiro atoms. The van der Waals surface area contributed by atoms with Gasteiger partial charge in [-0.2, -0.15) is 5.26 Å². The van der Waals surface area contributed by atoms with Crippen LogP contribution in [-0.4, -0.2) is 16.1 Å². The van der Waals surface area contributed by atoms with E-state index in [1.807, 2.05) is 19.9 Å². The number of fused-ring (bicyclic) bond motifs is 4. The molecule has 1 atom stereocenters. The van der Waals surface area contributed by atoms with Gasteiger partial charge in [-0.3, -0.25) is 9.89 Å². The Labute approximate surface area is 142 Å². The summed E-state index contributed by atoms with van der Waals surface area (Å²) in [5.41, 5.74) is 6.02. The van der Waals surface area contributed by atoms with Crippen LogP contribution in [0.4, 0.5) is 10.1 Å². The molecule has 8 heteroatoms. The number of hydrogen-bond donors (Lipinski definition) is 3. The molecule has 1 aromatic carbocycles. The Morgan fingerprint density at radius 2 is 2.20 bits per heavy atom. The summed E-state index contributed by atoms with van der Waals surface area (Å²) < 4.78 is 19.5. The number of rotatable bonds is 1. The van der Waals surface area contributed by atoms with E-state index in [9.17, 15) is 14.4 Å². The lowest BCUT2D eigenvalue weighted by atomic mass is 9.68. The number of hydrogen-bond acceptors (Lipinski definition) is 5. The number of nitriles is 1. The molecule has 0 aliphatic carbocycles. The van der Waals surface area contributed by atoms with Crippen molar-refractivity contribution in [1.29, 1.82) is 5.26 Å². The highest BCUT2D eigenvalue weighted by Gasteiger charge is 2.58. The van der Waals surface area contributed by atoms with Crippen LogP contribution < -0.4 is 15.8 Å². The maximum Gasteiger partial charge on any atom is 0.245 e. The summed E-state index contributed by atoms with van der Waals surface area (Å²) in [6.07, 6.45) is 0. The highest BCUT2D eigenvalue weighted by molar-refractivity contribution is 6.12. The second kappa shape index (κ2) is 4.83. The average molecular weight is 339 g/mol. The maximum absolute atomic E-state index is 14.0. The molecular formula is C17H14FN5O2. The van der Waals surface area contributed by atoms with E-state index >= 15 is 0 Å². The summed E-state index contributed by atoms with van der Waals surface area (Å²) in [6, 6.07) is 5.93. The maximum atomic E-state index is 14.0. The Bertz CT molecular complexity index is 1000. The van der Waals surface area contributed by atoms with Crippen molar-refractivity contribution < 1.29 is 13.9 Å². The molecule has 0 saturated carbocycles. The number of carbonyl (C=O) groups excluding carboxylic acids is 1. The number of nitrogens with zero attached hydrogens (tertiary/aromatic N) is 2. The first-order valence-electron chi connectivity index (χ1n) is 7.69. The zero-order valence-electron chi connectivity index (χ0n) is 13.5. The lowest BCUT2D eigenvalue weighted by molar-refractivity contribution is -0.118. The number of carbonyl (C=O) groups is 1. The molecule has 0 fully saturated rings. The number of anilines is 1. The summed E-state index contributed by atoms with van der Waals surface area (Å²) in [7, 11) is 0. The quantitative estimate of drug-likeness (QED) is 0.734. The lowest BCUT2D eigenvalue weighted by Crippen LogP contribution is -2.42. The molecular weight excluding hydrogens is 325 g/mol. The van der Waals surface area contributed by atoms with E-state index in [2.05, 4.69) is 15.5 Å². The minimum absolute atomic E-state index is 0.0404. The Hall–Kier alpha value is -3.34. The van der Waals surface area contributed by atoms with Crippen LogP contribution in [-0.2, 0) is 10.2 Å². The summed E-state index contributed by atoms with van der Waals surface area (Å²) in [6.45, 7) is 3.82. The van der Waals surface area contributed by atoms with Gasteiger partial charge in [0, 0.05) is 16.9 Å². The highest BCUT2D eigenvalue weighted by atomic mass is 19.1. The number of halogens is 1. The van der Waals surface area contributed by atoms with E-state index in [1.54, 1.807) is 0 Å². The molecule has 2 aromatic rings. The zero-order chi connectivity index (χ0) is 17.9. The molecule has 2 aliphatic rings. The summed E-state index contributed by atoms with van der Waals surface area (Å²) in [5.74, 6) is -1.15. The first kappa shape index (κ1) is 15.2. The van der Waals surface area contributed by atoms with Gasteiger partial charge in [0.2, 0.25) is 17.7 Å². The van der Waals surface area contributed by atoms with Crippen molar-refractivity contribution in [2.45, 2.75) is 25.2 Å². The van der Waals surface area contributed by atoms with Gasteiger partial charge < -0.3 is 15.8 Å². The van der Waals surface area contributed by atoms with Gasteiger partial charge in [0.15, 0.2) is 0 Å². The molecule has 7 nitrogen and oxygen atoms in total. The fourth-order valence-corrected chi connectivity index (χ4v) is 3.57. The van der Waals surface area contributed by atoms with Gasteiger partial charge in [-0.15, -0.1) is 5.10 Å². The molecule has 25 heavy (non-hydrogen) atoms. The molecule has 1 amide bonds. The third-order valence-electron chi connectivity index (χ3n) is 4.63. The Balaban J connectivity index is 2.17. The molecule has 126 valence electrons. The molecule has 3 heterocycles. The third kappa shape index (κ3) is 1.72. The van der Waals surface area contributed by atoms with Crippen molar-refractivity contribution in [3.63, 3.8) is 0 Å². The lowest BCUT2D eigenvalue weighted by Gasteiger charge is -2.32. The minimum atomic E-state index is -1.59. The molecule has 4 N–H and O–H groups in total. The summed E-state index contributed by atoms with van der Waals surface area (Å²) in [5, 5.41) is 19.4. The van der Waals surface area contributed by atoms with Crippen molar-refractivity contribution in [2.75, 3.05) is 5.32 Å². The van der Waals surface area contributed by atoms with Crippen molar-refractivity contribution >= 4 is 11.6 Å². The zero-order valence-corrected chi connectivity index (χ0v) is 13.5. The standard InChI is InChI=1S/C17H14FN5O2/c1-7(2)13-12-15(23-22-13)25-14(20)10(6-19)17(12)9-5-8(18)3-4-11(9)21-16(17)24/h3-5,7H,20H2,1-2H3,(H,21,24)(H,22,23)/t17-/m1/s1. The van der Waals surface area contributed by atoms with Gasteiger partial charge >= 0.3 is 0 Å². The number of nitrogens with one attached hydrogen (secondary N) is 2. The van der Waals surface area contributed by atoms with E-state index in [-0.39, 0.29) is 23.3 Å². The number of benzene rings is 1. The van der Waals surface area contributed by atoms with Crippen LogP contribution >= 0.6 is 0 Å². The van der Waals surface area contributed by atoms with E-state index in [0.717, 1.165) is 0 Å². The fourth-order valence-electron chi connectivity index (χ4n) is 3.57. The number of amides is 1. The normalized spacial score (nSPS) is 21.0. The van der Waals surface area contributed by atoms with E-state index in [0.29, 0.717) is 22.5 Å². The number of ether oxygens (including phenoxy) is 1. The van der Waals surface area contributed by atoms with Crippen molar-refractivity contribution in [2.24, 2.45) is 5.73 Å². The predicted molar refractivity (Wildman–Crippen MR) is 85.9 cm³/mol. The van der Waals surface area contributed by atoms with Gasteiger partial charge in [0.05, 0.1) is 5.56 Å². The monoisotopic (exact) mass is 339 g/mol. The van der Waals surface area contributed by atoms with Crippen LogP contribution in [0.15, 0.2) is 29.7 Å². The molecule has 1 aromatic heterocycles. The smallest absolute Gasteiger partial charge is 0.245 e. The van der Waals surface area contributed by atoms with Crippen molar-refractivity contribution in [3.8, 4) is 11.9 Å². The average Bonchev–Trinajstić information content (AvgIpc) is 3.09. The molecule has 0 saturated heterocycles. The number of nitrogens with two attached hydrogens (primary N) is 1. The predicted octanol–water partition coefficient (Wildman–Crippen LogP) is 2.00. The second-order valence-corrected chi connectivity index (χ2v) is 6.32. The van der Waals surface area contributed by atoms with Crippen LogP contribution in [0.2, 0.25) is 0 Å². The number of H-pyrrole nitrogens is 1. The van der Waals surface area contributed by atoms with Crippen LogP contribution in [0, 0.1) is 17.1 Å². The Morgan fingerprint density at radius 1 is 1.44 bits per heavy atom. The van der Waals surface area contributed by atoms with Crippen molar-refractivity contribution in [1.82, 2.24) is 10.2 Å². The topological polar surface area (TPSA) is 117 Å². The van der Waals surface area contributed by atoms with Crippen LogP contribution in [0.3, 0.4) is 0 Å². The third-order valence-corrected chi connectivity index (χ3v) is 4.63. The van der Waals surface area contributed by atoms with Crippen molar-refractivity contribution in [3.05, 3.63) is 52.3 Å². The Kier molecular flexibility index (Phi) is 2.94. The second-order valence-electron chi connectivity index (χ2n) is 6.32. The minimum Gasteiger partial charge on any atom is -0.420 e. The summed E-state index contributed by atoms with van der Waals surface area (Å²) in [4.78, 5) is 13.1. The van der Waals surface area contributed by atoms with Crippen LogP contribution in [0.25, 0.3) is 0 Å². The molecule has 4 rings (SSSR count). The molecule has 0 unspecified atom stereocenters. The van der Waals surface area contributed by atoms with Gasteiger partial charge in [0.25, 0.3) is 0 Å². The largest absolute Gasteiger partial charge is 0.420 e. The SMILES string of the molecule is CC(C)c1[nH]nc2c1[C@]1(C(=O)Nc3ccc(F)cc31)C(C#N)=C(N)O2. The Morgan fingerprint density at radius 3 is 2.88 bits per heavy atom. The van der Waals surface area contributed by atoms with Gasteiger partial charge in [-0.05, 0) is 24.1 Å².